The van der Waals surface area contributed by atoms with Crippen molar-refractivity contribution in [3.8, 4) is 5.75 Å². The molecule has 18 heavy (non-hydrogen) atoms. The summed E-state index contributed by atoms with van der Waals surface area (Å²) in [6.45, 7) is 2.59. The fraction of sp³-hybridized carbons (Fsp3) is 0.417. The van der Waals surface area contributed by atoms with E-state index >= 15 is 0 Å². The maximum Gasteiger partial charge on any atom is 0.255 e. The van der Waals surface area contributed by atoms with Gasteiger partial charge in [0.2, 0.25) is 0 Å². The van der Waals surface area contributed by atoms with Crippen LogP contribution in [-0.2, 0) is 4.74 Å². The van der Waals surface area contributed by atoms with Crippen LogP contribution < -0.4 is 10.6 Å². The van der Waals surface area contributed by atoms with Crippen molar-refractivity contribution in [2.45, 2.75) is 6.10 Å². The van der Waals surface area contributed by atoms with Gasteiger partial charge in [0.15, 0.2) is 0 Å². The van der Waals surface area contributed by atoms with Crippen molar-refractivity contribution in [2.75, 3.05) is 26.2 Å². The molecule has 0 saturated carbocycles. The largest absolute Gasteiger partial charge is 0.507 e. The van der Waals surface area contributed by atoms with Crippen molar-refractivity contribution in [1.82, 2.24) is 10.6 Å². The van der Waals surface area contributed by atoms with Crippen LogP contribution in [0.1, 0.15) is 10.4 Å². The molecule has 5 nitrogen and oxygen atoms in total. The summed E-state index contributed by atoms with van der Waals surface area (Å²) in [5.41, 5.74) is 0.172. The van der Waals surface area contributed by atoms with Crippen LogP contribution in [0.4, 0.5) is 0 Å². The summed E-state index contributed by atoms with van der Waals surface area (Å²) in [4.78, 5) is 11.9. The molecule has 0 aliphatic carbocycles. The Labute approximate surface area is 110 Å². The summed E-state index contributed by atoms with van der Waals surface area (Å²) in [5.74, 6) is -0.441. The number of benzene rings is 1. The number of halogens is 1. The van der Waals surface area contributed by atoms with Crippen molar-refractivity contribution in [2.24, 2.45) is 0 Å². The molecule has 1 aromatic rings. The van der Waals surface area contributed by atoms with E-state index < -0.39 is 0 Å². The molecule has 3 N–H and O–H groups in total. The molecular weight excluding hydrogens is 256 g/mol. The van der Waals surface area contributed by atoms with E-state index in [-0.39, 0.29) is 23.3 Å². The molecule has 1 aliphatic heterocycles. The quantitative estimate of drug-likeness (QED) is 0.759. The summed E-state index contributed by atoms with van der Waals surface area (Å²) in [7, 11) is 0. The predicted octanol–water partition coefficient (Wildman–Crippen LogP) is 0.764. The van der Waals surface area contributed by atoms with Crippen LogP contribution in [0.5, 0.6) is 5.75 Å². The zero-order valence-corrected chi connectivity index (χ0v) is 10.5. The van der Waals surface area contributed by atoms with Gasteiger partial charge in [0, 0.05) is 24.7 Å². The van der Waals surface area contributed by atoms with E-state index in [0.29, 0.717) is 24.7 Å². The number of phenols is 1. The van der Waals surface area contributed by atoms with E-state index in [9.17, 15) is 9.90 Å². The van der Waals surface area contributed by atoms with Crippen LogP contribution in [0.15, 0.2) is 18.2 Å². The maximum absolute atomic E-state index is 11.9. The van der Waals surface area contributed by atoms with Gasteiger partial charge in [-0.15, -0.1) is 0 Å². The number of carbonyl (C=O) groups excluding carboxylic acids is 1. The molecule has 2 rings (SSSR count). The van der Waals surface area contributed by atoms with Gasteiger partial charge >= 0.3 is 0 Å². The van der Waals surface area contributed by atoms with Gasteiger partial charge in [0.25, 0.3) is 5.91 Å². The van der Waals surface area contributed by atoms with Crippen molar-refractivity contribution in [3.05, 3.63) is 28.8 Å². The Morgan fingerprint density at radius 2 is 2.44 bits per heavy atom. The van der Waals surface area contributed by atoms with Gasteiger partial charge in [-0.1, -0.05) is 11.6 Å². The van der Waals surface area contributed by atoms with Crippen molar-refractivity contribution in [1.29, 1.82) is 0 Å². The molecule has 98 valence electrons. The van der Waals surface area contributed by atoms with E-state index in [1.54, 1.807) is 0 Å². The average molecular weight is 271 g/mol. The van der Waals surface area contributed by atoms with Gasteiger partial charge in [-0.3, -0.25) is 4.79 Å². The molecule has 6 heteroatoms. The number of amides is 1. The molecule has 1 fully saturated rings. The number of carbonyl (C=O) groups is 1. The summed E-state index contributed by atoms with van der Waals surface area (Å²) < 4.78 is 5.45. The summed E-state index contributed by atoms with van der Waals surface area (Å²) in [6.07, 6.45) is -0.0379. The third-order valence-electron chi connectivity index (χ3n) is 2.70. The molecule has 1 aliphatic rings. The second kappa shape index (κ2) is 6.04. The number of hydrogen-bond acceptors (Lipinski definition) is 4. The molecule has 0 radical (unpaired) electrons. The van der Waals surface area contributed by atoms with Gasteiger partial charge in [-0.25, -0.2) is 0 Å². The fourth-order valence-electron chi connectivity index (χ4n) is 1.74. The van der Waals surface area contributed by atoms with Crippen LogP contribution in [0.3, 0.4) is 0 Å². The first-order valence-corrected chi connectivity index (χ1v) is 6.13. The van der Waals surface area contributed by atoms with Gasteiger partial charge in [-0.05, 0) is 18.2 Å². The van der Waals surface area contributed by atoms with E-state index in [1.165, 1.54) is 18.2 Å². The first-order valence-electron chi connectivity index (χ1n) is 5.76. The lowest BCUT2D eigenvalue weighted by Crippen LogP contribution is -2.45. The molecule has 1 aromatic carbocycles. The van der Waals surface area contributed by atoms with E-state index in [4.69, 9.17) is 16.3 Å². The monoisotopic (exact) mass is 270 g/mol. The van der Waals surface area contributed by atoms with Crippen molar-refractivity contribution in [3.63, 3.8) is 0 Å². The maximum atomic E-state index is 11.9. The predicted molar refractivity (Wildman–Crippen MR) is 68.1 cm³/mol. The van der Waals surface area contributed by atoms with Crippen LogP contribution in [-0.4, -0.2) is 43.4 Å². The molecule has 1 atom stereocenters. The highest BCUT2D eigenvalue weighted by Crippen LogP contribution is 2.21. The molecule has 0 aromatic heterocycles. The lowest BCUT2D eigenvalue weighted by Gasteiger charge is -2.23. The second-order valence-corrected chi connectivity index (χ2v) is 4.50. The van der Waals surface area contributed by atoms with E-state index in [2.05, 4.69) is 10.6 Å². The summed E-state index contributed by atoms with van der Waals surface area (Å²) in [5, 5.41) is 15.9. The Hall–Kier alpha value is -1.30. The first-order chi connectivity index (χ1) is 8.66. The minimum Gasteiger partial charge on any atom is -0.507 e. The second-order valence-electron chi connectivity index (χ2n) is 4.07. The van der Waals surface area contributed by atoms with Crippen molar-refractivity contribution >= 4 is 17.5 Å². The SMILES string of the molecule is O=C(NCC1CNCCO1)c1cc(Cl)ccc1O. The van der Waals surface area contributed by atoms with E-state index in [0.717, 1.165) is 6.54 Å². The highest BCUT2D eigenvalue weighted by atomic mass is 35.5. The van der Waals surface area contributed by atoms with Gasteiger partial charge in [0.05, 0.1) is 18.3 Å². The number of morpholine rings is 1. The Bertz CT molecular complexity index is 433. The molecular formula is C12H15ClN2O3. The molecule has 1 saturated heterocycles. The highest BCUT2D eigenvalue weighted by molar-refractivity contribution is 6.31. The lowest BCUT2D eigenvalue weighted by atomic mass is 10.2. The zero-order chi connectivity index (χ0) is 13.0. The minimum atomic E-state index is -0.357. The minimum absolute atomic E-state index is 0.0379. The third kappa shape index (κ3) is 3.35. The number of hydrogen-bond donors (Lipinski definition) is 3. The van der Waals surface area contributed by atoms with Gasteiger partial charge in [0.1, 0.15) is 5.75 Å². The Morgan fingerprint density at radius 3 is 3.17 bits per heavy atom. The number of nitrogens with one attached hydrogen (secondary N) is 2. The van der Waals surface area contributed by atoms with E-state index in [1.807, 2.05) is 0 Å². The number of ether oxygens (including phenoxy) is 1. The molecule has 0 bridgehead atoms. The van der Waals surface area contributed by atoms with Gasteiger partial charge < -0.3 is 20.5 Å². The number of aromatic hydroxyl groups is 1. The van der Waals surface area contributed by atoms with Crippen LogP contribution in [0, 0.1) is 0 Å². The third-order valence-corrected chi connectivity index (χ3v) is 2.93. The Kier molecular flexibility index (Phi) is 4.41. The average Bonchev–Trinajstić information content (AvgIpc) is 2.40. The molecule has 1 heterocycles. The molecule has 1 amide bonds. The number of rotatable bonds is 3. The standard InChI is InChI=1S/C12H15ClN2O3/c13-8-1-2-11(16)10(5-8)12(17)15-7-9-6-14-3-4-18-9/h1-2,5,9,14,16H,3-4,6-7H2,(H,15,17). The highest BCUT2D eigenvalue weighted by Gasteiger charge is 2.16. The first kappa shape index (κ1) is 13.1. The normalized spacial score (nSPS) is 19.5. The van der Waals surface area contributed by atoms with Crippen LogP contribution >= 0.6 is 11.6 Å². The van der Waals surface area contributed by atoms with Crippen molar-refractivity contribution < 1.29 is 14.6 Å². The molecule has 1 unspecified atom stereocenters. The Morgan fingerprint density at radius 1 is 1.61 bits per heavy atom. The van der Waals surface area contributed by atoms with Gasteiger partial charge in [-0.2, -0.15) is 0 Å². The Balaban J connectivity index is 1.92. The fourth-order valence-corrected chi connectivity index (χ4v) is 1.91. The smallest absolute Gasteiger partial charge is 0.255 e. The summed E-state index contributed by atoms with van der Waals surface area (Å²) in [6, 6.07) is 4.37. The van der Waals surface area contributed by atoms with Crippen LogP contribution in [0.2, 0.25) is 5.02 Å². The zero-order valence-electron chi connectivity index (χ0n) is 9.78. The number of phenolic OH excluding ortho intramolecular Hbond substituents is 1. The van der Waals surface area contributed by atoms with Crippen LogP contribution in [0.25, 0.3) is 0 Å². The molecule has 0 spiro atoms. The summed E-state index contributed by atoms with van der Waals surface area (Å²) >= 11 is 5.78. The topological polar surface area (TPSA) is 70.6 Å². The lowest BCUT2D eigenvalue weighted by molar-refractivity contribution is 0.0287.